The van der Waals surface area contributed by atoms with Gasteiger partial charge >= 0.3 is 5.97 Å². The molecule has 0 aliphatic carbocycles. The molecule has 1 aromatic heterocycles. The second kappa shape index (κ2) is 11.3. The summed E-state index contributed by atoms with van der Waals surface area (Å²) in [7, 11) is 7.62. The van der Waals surface area contributed by atoms with Crippen LogP contribution in [0, 0.1) is 0 Å². The van der Waals surface area contributed by atoms with Crippen LogP contribution in [0.4, 0.5) is 0 Å². The van der Waals surface area contributed by atoms with Gasteiger partial charge in [0.2, 0.25) is 0 Å². The minimum atomic E-state index is -0.422. The van der Waals surface area contributed by atoms with Crippen molar-refractivity contribution in [1.82, 2.24) is 9.80 Å². The van der Waals surface area contributed by atoms with Gasteiger partial charge in [0.15, 0.2) is 0 Å². The van der Waals surface area contributed by atoms with E-state index in [1.165, 1.54) is 0 Å². The lowest BCUT2D eigenvalue weighted by Crippen LogP contribution is -2.15. The third-order valence-electron chi connectivity index (χ3n) is 3.43. The molecule has 0 unspecified atom stereocenters. The van der Waals surface area contributed by atoms with E-state index >= 15 is 0 Å². The van der Waals surface area contributed by atoms with E-state index in [1.54, 1.807) is 19.1 Å². The zero-order valence-electron chi connectivity index (χ0n) is 15.7. The fraction of sp³-hybridized carbons (Fsp3) is 0.471. The standard InChI is InChI=1S/C17H24N2O4.2ClH.H2O/c1-6-22-17(21)16-14(10-19(4)5)23-13-8-7-12(20)11(15(13)16)9-18(2)3;;;/h7-8,20H,6,9-10H2,1-5H3;2*1H;1H2. The Hall–Kier alpha value is -1.51. The lowest BCUT2D eigenvalue weighted by atomic mass is 10.0. The fourth-order valence-corrected chi connectivity index (χ4v) is 2.59. The molecule has 9 heteroatoms. The Kier molecular flexibility index (Phi) is 11.6. The average Bonchev–Trinajstić information content (AvgIpc) is 2.79. The van der Waals surface area contributed by atoms with Crippen LogP contribution in [-0.4, -0.2) is 61.1 Å². The number of furan rings is 1. The topological polar surface area (TPSA) is 97.6 Å². The molecule has 150 valence electrons. The van der Waals surface area contributed by atoms with E-state index in [1.807, 2.05) is 38.0 Å². The maximum absolute atomic E-state index is 12.5. The van der Waals surface area contributed by atoms with Crippen molar-refractivity contribution in [3.05, 3.63) is 29.0 Å². The minimum absolute atomic E-state index is 0. The van der Waals surface area contributed by atoms with Crippen LogP contribution in [0.5, 0.6) is 5.75 Å². The summed E-state index contributed by atoms with van der Waals surface area (Å²) in [6.45, 7) is 3.03. The number of phenolic OH excluding ortho intramolecular Hbond substituents is 1. The first-order chi connectivity index (χ1) is 10.8. The van der Waals surface area contributed by atoms with Crippen LogP contribution in [0.1, 0.15) is 28.6 Å². The number of phenols is 1. The summed E-state index contributed by atoms with van der Waals surface area (Å²) in [5.41, 5.74) is 1.66. The van der Waals surface area contributed by atoms with Gasteiger partial charge in [0.25, 0.3) is 0 Å². The highest BCUT2D eigenvalue weighted by Crippen LogP contribution is 2.35. The van der Waals surface area contributed by atoms with Crippen LogP contribution in [-0.2, 0) is 17.8 Å². The molecule has 0 atom stereocenters. The zero-order chi connectivity index (χ0) is 17.1. The number of ether oxygens (including phenoxy) is 1. The SMILES string of the molecule is CCOC(=O)c1c(CN(C)C)oc2ccc(O)c(CN(C)C)c12.Cl.Cl.O. The van der Waals surface area contributed by atoms with E-state index in [-0.39, 0.29) is 42.6 Å². The molecule has 0 spiro atoms. The lowest BCUT2D eigenvalue weighted by Gasteiger charge is -2.13. The van der Waals surface area contributed by atoms with Crippen LogP contribution in [0.25, 0.3) is 11.0 Å². The molecule has 0 bridgehead atoms. The number of esters is 1. The Labute approximate surface area is 166 Å². The third kappa shape index (κ3) is 5.75. The molecule has 0 radical (unpaired) electrons. The Morgan fingerprint density at radius 1 is 1.12 bits per heavy atom. The zero-order valence-corrected chi connectivity index (χ0v) is 17.3. The number of fused-ring (bicyclic) bond motifs is 1. The third-order valence-corrected chi connectivity index (χ3v) is 3.43. The quantitative estimate of drug-likeness (QED) is 0.734. The van der Waals surface area contributed by atoms with Crippen molar-refractivity contribution >= 4 is 41.8 Å². The van der Waals surface area contributed by atoms with Gasteiger partial charge in [-0.2, -0.15) is 0 Å². The molecule has 0 saturated carbocycles. The van der Waals surface area contributed by atoms with Crippen LogP contribution >= 0.6 is 24.8 Å². The number of hydrogen-bond acceptors (Lipinski definition) is 6. The molecule has 7 nitrogen and oxygen atoms in total. The van der Waals surface area contributed by atoms with Gasteiger partial charge in [-0.3, -0.25) is 0 Å². The number of nitrogens with zero attached hydrogens (tertiary/aromatic N) is 2. The van der Waals surface area contributed by atoms with E-state index in [0.717, 1.165) is 0 Å². The second-order valence-electron chi connectivity index (χ2n) is 6.03. The molecule has 3 N–H and O–H groups in total. The van der Waals surface area contributed by atoms with Crippen molar-refractivity contribution in [2.45, 2.75) is 20.0 Å². The van der Waals surface area contributed by atoms with Crippen LogP contribution in [0.2, 0.25) is 0 Å². The van der Waals surface area contributed by atoms with Crippen molar-refractivity contribution in [1.29, 1.82) is 0 Å². The molecule has 26 heavy (non-hydrogen) atoms. The Morgan fingerprint density at radius 3 is 2.19 bits per heavy atom. The van der Waals surface area contributed by atoms with Crippen LogP contribution in [0.3, 0.4) is 0 Å². The van der Waals surface area contributed by atoms with Crippen LogP contribution < -0.4 is 0 Å². The normalized spacial score (nSPS) is 10.3. The van der Waals surface area contributed by atoms with Crippen molar-refractivity contribution < 1.29 is 24.5 Å². The molecule has 0 saturated heterocycles. The molecule has 0 fully saturated rings. The van der Waals surface area contributed by atoms with E-state index in [0.29, 0.717) is 40.9 Å². The monoisotopic (exact) mass is 410 g/mol. The molecule has 1 heterocycles. The Bertz CT molecular complexity index is 717. The summed E-state index contributed by atoms with van der Waals surface area (Å²) in [4.78, 5) is 16.3. The second-order valence-corrected chi connectivity index (χ2v) is 6.03. The largest absolute Gasteiger partial charge is 0.508 e. The number of hydrogen-bond donors (Lipinski definition) is 1. The molecule has 0 aliphatic heterocycles. The maximum Gasteiger partial charge on any atom is 0.342 e. The molecule has 2 aromatic rings. The summed E-state index contributed by atoms with van der Waals surface area (Å²) >= 11 is 0. The highest BCUT2D eigenvalue weighted by molar-refractivity contribution is 6.06. The summed E-state index contributed by atoms with van der Waals surface area (Å²) in [6, 6.07) is 3.28. The molecule has 2 rings (SSSR count). The fourth-order valence-electron chi connectivity index (χ4n) is 2.59. The van der Waals surface area contributed by atoms with Gasteiger partial charge in [-0.1, -0.05) is 0 Å². The minimum Gasteiger partial charge on any atom is -0.508 e. The first-order valence-electron chi connectivity index (χ1n) is 7.57. The average molecular weight is 411 g/mol. The molecular formula is C17H28Cl2N2O5. The van der Waals surface area contributed by atoms with Gasteiger partial charge in [-0.15, -0.1) is 24.8 Å². The number of rotatable bonds is 6. The van der Waals surface area contributed by atoms with Crippen molar-refractivity contribution in [2.75, 3.05) is 34.8 Å². The summed E-state index contributed by atoms with van der Waals surface area (Å²) < 4.78 is 11.1. The molecule has 0 aliphatic rings. The predicted molar refractivity (Wildman–Crippen MR) is 107 cm³/mol. The number of aromatic hydroxyl groups is 1. The highest BCUT2D eigenvalue weighted by atomic mass is 35.5. The molecular weight excluding hydrogens is 383 g/mol. The van der Waals surface area contributed by atoms with Gasteiger partial charge in [-0.25, -0.2) is 4.79 Å². The van der Waals surface area contributed by atoms with E-state index in [2.05, 4.69) is 0 Å². The predicted octanol–water partition coefficient (Wildman–Crippen LogP) is 2.46. The lowest BCUT2D eigenvalue weighted by molar-refractivity contribution is 0.0524. The summed E-state index contributed by atoms with van der Waals surface area (Å²) in [6.07, 6.45) is 0. The van der Waals surface area contributed by atoms with E-state index < -0.39 is 5.97 Å². The first kappa shape index (κ1) is 26.7. The smallest absolute Gasteiger partial charge is 0.342 e. The van der Waals surface area contributed by atoms with Crippen molar-refractivity contribution in [2.24, 2.45) is 0 Å². The maximum atomic E-state index is 12.5. The van der Waals surface area contributed by atoms with E-state index in [4.69, 9.17) is 9.15 Å². The Morgan fingerprint density at radius 2 is 1.69 bits per heavy atom. The summed E-state index contributed by atoms with van der Waals surface area (Å²) in [5, 5.41) is 10.9. The van der Waals surface area contributed by atoms with Gasteiger partial charge in [-0.05, 0) is 47.2 Å². The van der Waals surface area contributed by atoms with E-state index in [9.17, 15) is 9.90 Å². The van der Waals surface area contributed by atoms with Crippen LogP contribution in [0.15, 0.2) is 16.5 Å². The van der Waals surface area contributed by atoms with Crippen molar-refractivity contribution in [3.63, 3.8) is 0 Å². The van der Waals surface area contributed by atoms with Gasteiger partial charge in [0.05, 0.1) is 13.2 Å². The van der Waals surface area contributed by atoms with Gasteiger partial charge < -0.3 is 29.5 Å². The molecule has 1 aromatic carbocycles. The van der Waals surface area contributed by atoms with Gasteiger partial charge in [0, 0.05) is 17.5 Å². The number of carbonyl (C=O) groups is 1. The van der Waals surface area contributed by atoms with Gasteiger partial charge in [0.1, 0.15) is 22.7 Å². The first-order valence-corrected chi connectivity index (χ1v) is 7.57. The number of halogens is 2. The Balaban J connectivity index is 0. The van der Waals surface area contributed by atoms with Crippen molar-refractivity contribution in [3.8, 4) is 5.75 Å². The number of carbonyl (C=O) groups excluding carboxylic acids is 1. The molecule has 0 amide bonds. The number of benzene rings is 1. The highest BCUT2D eigenvalue weighted by Gasteiger charge is 2.26. The summed E-state index contributed by atoms with van der Waals surface area (Å²) in [5.74, 6) is 0.275.